The van der Waals surface area contributed by atoms with Crippen LogP contribution < -0.4 is 5.32 Å². The molecule has 0 saturated carbocycles. The number of carbonyl (C=O) groups is 4. The van der Waals surface area contributed by atoms with Crippen LogP contribution in [0.25, 0.3) is 5.57 Å². The van der Waals surface area contributed by atoms with Gasteiger partial charge in [0.15, 0.2) is 0 Å². The maximum atomic E-state index is 13.1. The number of nitrogens with zero attached hydrogens (tertiary/aromatic N) is 1. The number of amides is 2. The Labute approximate surface area is 219 Å². The van der Waals surface area contributed by atoms with Crippen LogP contribution in [0, 0.1) is 11.3 Å². The third-order valence-electron chi connectivity index (χ3n) is 6.41. The Bertz CT molecular complexity index is 1230. The molecule has 3 atom stereocenters. The number of benzene rings is 1. The zero-order chi connectivity index (χ0) is 26.9. The van der Waals surface area contributed by atoms with E-state index in [0.717, 1.165) is 11.1 Å². The van der Waals surface area contributed by atoms with Gasteiger partial charge < -0.3 is 24.8 Å². The molecule has 3 heterocycles. The van der Waals surface area contributed by atoms with Gasteiger partial charge in [0.1, 0.15) is 5.70 Å². The fraction of sp³-hybridized carbons (Fsp3) is 0.407. The normalized spacial score (nSPS) is 19.7. The molecule has 2 aromatic rings. The monoisotopic (exact) mass is 526 g/mol. The molecule has 0 radical (unpaired) electrons. The van der Waals surface area contributed by atoms with Crippen molar-refractivity contribution in [3.05, 3.63) is 63.5 Å². The molecule has 10 heteroatoms. The van der Waals surface area contributed by atoms with Gasteiger partial charge in [0, 0.05) is 6.54 Å². The lowest BCUT2D eigenvalue weighted by Gasteiger charge is -2.44. The van der Waals surface area contributed by atoms with Gasteiger partial charge in [-0.05, 0) is 62.3 Å². The summed E-state index contributed by atoms with van der Waals surface area (Å²) in [6.45, 7) is 6.38. The van der Waals surface area contributed by atoms with Crippen LogP contribution in [0.1, 0.15) is 54.9 Å². The molecule has 2 N–H and O–H groups in total. The van der Waals surface area contributed by atoms with Crippen LogP contribution in [0.5, 0.6) is 0 Å². The van der Waals surface area contributed by atoms with Crippen molar-refractivity contribution in [1.29, 1.82) is 0 Å². The van der Waals surface area contributed by atoms with Crippen LogP contribution in [0.15, 0.2) is 47.5 Å². The molecule has 0 spiro atoms. The minimum atomic E-state index is -0.854. The highest BCUT2D eigenvalue weighted by molar-refractivity contribution is 7.12. The molecule has 1 fully saturated rings. The lowest BCUT2D eigenvalue weighted by atomic mass is 9.82. The number of aliphatic hydroxyl groups is 1. The van der Waals surface area contributed by atoms with Crippen molar-refractivity contribution in [2.75, 3.05) is 6.79 Å². The van der Waals surface area contributed by atoms with Crippen molar-refractivity contribution < 1.29 is 33.8 Å². The first-order valence-corrected chi connectivity index (χ1v) is 12.9. The van der Waals surface area contributed by atoms with Crippen molar-refractivity contribution >= 4 is 40.7 Å². The maximum absolute atomic E-state index is 13.1. The Balaban J connectivity index is 1.50. The number of ether oxygens (including phenoxy) is 2. The van der Waals surface area contributed by atoms with Crippen molar-refractivity contribution in [1.82, 2.24) is 10.2 Å². The van der Waals surface area contributed by atoms with E-state index in [1.807, 2.05) is 35.7 Å². The van der Waals surface area contributed by atoms with E-state index in [4.69, 9.17) is 9.47 Å². The van der Waals surface area contributed by atoms with E-state index in [1.54, 1.807) is 33.8 Å². The van der Waals surface area contributed by atoms with Crippen molar-refractivity contribution in [3.63, 3.8) is 0 Å². The lowest BCUT2D eigenvalue weighted by molar-refractivity contribution is -0.175. The minimum Gasteiger partial charge on any atom is -0.427 e. The number of nitrogens with one attached hydrogen (secondary N) is 1. The number of hydrogen-bond donors (Lipinski definition) is 2. The summed E-state index contributed by atoms with van der Waals surface area (Å²) in [6, 6.07) is 10.5. The smallest absolute Gasteiger partial charge is 0.358 e. The zero-order valence-corrected chi connectivity index (χ0v) is 22.0. The highest BCUT2D eigenvalue weighted by Gasteiger charge is 2.57. The first-order chi connectivity index (χ1) is 17.5. The number of β-lactam (4-membered cyclic amide) rings is 1. The molecule has 4 rings (SSSR count). The van der Waals surface area contributed by atoms with Crippen molar-refractivity contribution in [3.8, 4) is 0 Å². The number of thiophene rings is 1. The highest BCUT2D eigenvalue weighted by Crippen LogP contribution is 2.47. The second-order valence-corrected chi connectivity index (χ2v) is 11.1. The average molecular weight is 527 g/mol. The van der Waals surface area contributed by atoms with E-state index in [2.05, 4.69) is 5.32 Å². The van der Waals surface area contributed by atoms with Crippen LogP contribution in [0.3, 0.4) is 0 Å². The molecule has 0 bridgehead atoms. The van der Waals surface area contributed by atoms with Gasteiger partial charge in [0.2, 0.25) is 12.7 Å². The van der Waals surface area contributed by atoms with Gasteiger partial charge in [-0.3, -0.25) is 14.4 Å². The van der Waals surface area contributed by atoms with E-state index >= 15 is 0 Å². The number of rotatable bonds is 8. The molecule has 1 saturated heterocycles. The third kappa shape index (κ3) is 5.45. The number of aliphatic hydroxyl groups excluding tert-OH is 1. The Morgan fingerprint density at radius 1 is 1.16 bits per heavy atom. The topological polar surface area (TPSA) is 122 Å². The van der Waals surface area contributed by atoms with E-state index in [1.165, 1.54) is 16.2 Å². The Kier molecular flexibility index (Phi) is 7.52. The summed E-state index contributed by atoms with van der Waals surface area (Å²) in [5.41, 5.74) is 1.54. The molecule has 2 aliphatic heterocycles. The Morgan fingerprint density at radius 2 is 1.86 bits per heavy atom. The summed E-state index contributed by atoms with van der Waals surface area (Å²) in [5, 5.41) is 14.8. The number of fused-ring (bicyclic) bond motifs is 1. The van der Waals surface area contributed by atoms with Gasteiger partial charge in [-0.15, -0.1) is 11.3 Å². The maximum Gasteiger partial charge on any atom is 0.358 e. The van der Waals surface area contributed by atoms with E-state index in [-0.39, 0.29) is 23.6 Å². The van der Waals surface area contributed by atoms with Crippen molar-refractivity contribution in [2.24, 2.45) is 11.3 Å². The molecule has 1 aromatic heterocycles. The second-order valence-electron chi connectivity index (χ2n) is 10.2. The summed E-state index contributed by atoms with van der Waals surface area (Å²) < 4.78 is 10.3. The standard InChI is InChI=1S/C27H30N2O7S/c1-15(30)21-19-12-18(17-9-7-16(8-10-17)13-28-23(31)20-6-5-11-37-20)22(29(19)24(21)32)25(33)35-14-36-26(34)27(2,3)4/h5-11,15,19,21,30H,12-14H2,1-4H3,(H,28,31)/t15-,19-,21-/m1/s1. The van der Waals surface area contributed by atoms with Crippen LogP contribution >= 0.6 is 11.3 Å². The fourth-order valence-corrected chi connectivity index (χ4v) is 5.08. The van der Waals surface area contributed by atoms with Gasteiger partial charge in [0.25, 0.3) is 5.91 Å². The molecule has 9 nitrogen and oxygen atoms in total. The minimum absolute atomic E-state index is 0.0949. The summed E-state index contributed by atoms with van der Waals surface area (Å²) in [6.07, 6.45) is -0.477. The molecule has 0 unspecified atom stereocenters. The summed E-state index contributed by atoms with van der Waals surface area (Å²) in [4.78, 5) is 52.1. The largest absolute Gasteiger partial charge is 0.427 e. The predicted molar refractivity (Wildman–Crippen MR) is 136 cm³/mol. The van der Waals surface area contributed by atoms with E-state index in [9.17, 15) is 24.3 Å². The van der Waals surface area contributed by atoms with E-state index in [0.29, 0.717) is 23.4 Å². The Hall–Kier alpha value is -3.50. The van der Waals surface area contributed by atoms with Gasteiger partial charge >= 0.3 is 11.9 Å². The molecule has 2 aliphatic rings. The first kappa shape index (κ1) is 26.6. The van der Waals surface area contributed by atoms with Crippen molar-refractivity contribution in [2.45, 2.75) is 52.8 Å². The number of esters is 2. The van der Waals surface area contributed by atoms with Gasteiger partial charge in [-0.1, -0.05) is 30.3 Å². The highest BCUT2D eigenvalue weighted by atomic mass is 32.1. The molecule has 0 aliphatic carbocycles. The molecule has 37 heavy (non-hydrogen) atoms. The first-order valence-electron chi connectivity index (χ1n) is 12.0. The Morgan fingerprint density at radius 3 is 2.46 bits per heavy atom. The average Bonchev–Trinajstić information content (AvgIpc) is 3.49. The summed E-state index contributed by atoms with van der Waals surface area (Å²) >= 11 is 1.37. The van der Waals surface area contributed by atoms with Gasteiger partial charge in [-0.2, -0.15) is 0 Å². The predicted octanol–water partition coefficient (Wildman–Crippen LogP) is 3.09. The lowest BCUT2D eigenvalue weighted by Crippen LogP contribution is -2.61. The summed E-state index contributed by atoms with van der Waals surface area (Å²) in [7, 11) is 0. The number of carbonyl (C=O) groups excluding carboxylic acids is 4. The third-order valence-corrected chi connectivity index (χ3v) is 7.28. The van der Waals surface area contributed by atoms with E-state index < -0.39 is 36.2 Å². The van der Waals surface area contributed by atoms with Gasteiger partial charge in [-0.25, -0.2) is 4.79 Å². The van der Waals surface area contributed by atoms with Gasteiger partial charge in [0.05, 0.1) is 28.4 Å². The van der Waals surface area contributed by atoms with Crippen LogP contribution in [0.4, 0.5) is 0 Å². The molecular formula is C27H30N2O7S. The number of hydrogen-bond acceptors (Lipinski definition) is 8. The molecule has 2 amide bonds. The quantitative estimate of drug-likeness (QED) is 0.308. The fourth-order valence-electron chi connectivity index (χ4n) is 4.44. The van der Waals surface area contributed by atoms with Crippen LogP contribution in [-0.4, -0.2) is 52.7 Å². The van der Waals surface area contributed by atoms with Crippen LogP contribution in [-0.2, 0) is 30.4 Å². The zero-order valence-electron chi connectivity index (χ0n) is 21.1. The van der Waals surface area contributed by atoms with Crippen LogP contribution in [0.2, 0.25) is 0 Å². The molecule has 1 aromatic carbocycles. The molecular weight excluding hydrogens is 496 g/mol. The second kappa shape index (κ2) is 10.5. The summed E-state index contributed by atoms with van der Waals surface area (Å²) in [5.74, 6) is -2.40. The SMILES string of the molecule is C[C@@H](O)[C@H]1C(=O)N2C(C(=O)OCOC(=O)C(C)(C)C)=C(c3ccc(CNC(=O)c4cccs4)cc3)C[C@H]12. The molecule has 196 valence electrons.